The predicted octanol–water partition coefficient (Wildman–Crippen LogP) is 3.63. The van der Waals surface area contributed by atoms with Crippen LogP contribution in [0.2, 0.25) is 0 Å². The maximum absolute atomic E-state index is 11.4. The maximum Gasteiger partial charge on any atom is 0.416 e. The smallest absolute Gasteiger partial charge is 0.416 e. The van der Waals surface area contributed by atoms with E-state index in [4.69, 9.17) is 0 Å². The van der Waals surface area contributed by atoms with Crippen LogP contribution in [0.1, 0.15) is 5.56 Å². The van der Waals surface area contributed by atoms with Crippen LogP contribution in [0.3, 0.4) is 0 Å². The molecule has 0 unspecified atom stereocenters. The second kappa shape index (κ2) is 3.35. The van der Waals surface area contributed by atoms with E-state index < -0.39 is 6.09 Å². The number of aryl methyl sites for hydroxylation is 1. The fourth-order valence-electron chi connectivity index (χ4n) is 2.29. The lowest BCUT2D eigenvalue weighted by Crippen LogP contribution is -2.06. The highest BCUT2D eigenvalue weighted by Gasteiger charge is 2.14. The number of benzene rings is 2. The lowest BCUT2D eigenvalue weighted by Gasteiger charge is -1.99. The topological polar surface area (TPSA) is 42.2 Å². The molecule has 3 nitrogen and oxygen atoms in total. The third kappa shape index (κ3) is 1.32. The molecule has 0 fully saturated rings. The van der Waals surface area contributed by atoms with Gasteiger partial charge in [0, 0.05) is 10.8 Å². The van der Waals surface area contributed by atoms with Crippen LogP contribution in [0.25, 0.3) is 21.8 Å². The van der Waals surface area contributed by atoms with Gasteiger partial charge in [-0.1, -0.05) is 30.3 Å². The summed E-state index contributed by atoms with van der Waals surface area (Å²) in [6.45, 7) is 1.96. The molecule has 0 saturated heterocycles. The van der Waals surface area contributed by atoms with Crippen molar-refractivity contribution in [1.82, 2.24) is 4.57 Å². The van der Waals surface area contributed by atoms with Gasteiger partial charge in [-0.2, -0.15) is 0 Å². The molecule has 1 N–H and O–H groups in total. The van der Waals surface area contributed by atoms with Crippen LogP contribution in [-0.4, -0.2) is 15.8 Å². The van der Waals surface area contributed by atoms with Crippen molar-refractivity contribution in [3.8, 4) is 0 Å². The third-order valence-electron chi connectivity index (χ3n) is 3.02. The quantitative estimate of drug-likeness (QED) is 0.634. The normalized spacial score (nSPS) is 11.1. The minimum absolute atomic E-state index is 0.737. The first kappa shape index (κ1) is 9.90. The number of carbonyl (C=O) groups is 1. The number of nitrogens with zero attached hydrogens (tertiary/aromatic N) is 1. The Balaban J connectivity index is 2.62. The van der Waals surface area contributed by atoms with Crippen LogP contribution < -0.4 is 0 Å². The fourth-order valence-corrected chi connectivity index (χ4v) is 2.29. The summed E-state index contributed by atoms with van der Waals surface area (Å²) >= 11 is 0. The van der Waals surface area contributed by atoms with E-state index in [2.05, 4.69) is 0 Å². The summed E-state index contributed by atoms with van der Waals surface area (Å²) in [5, 5.41) is 11.3. The SMILES string of the molecule is Cc1ccc2c3ccccc3n(C(=O)O)c2c1. The number of hydrogen-bond acceptors (Lipinski definition) is 1. The Morgan fingerprint density at radius 2 is 1.76 bits per heavy atom. The van der Waals surface area contributed by atoms with Gasteiger partial charge in [-0.25, -0.2) is 9.36 Å². The summed E-state index contributed by atoms with van der Waals surface area (Å²) in [6.07, 6.45) is -0.943. The van der Waals surface area contributed by atoms with E-state index in [9.17, 15) is 9.90 Å². The molecule has 0 spiro atoms. The zero-order valence-corrected chi connectivity index (χ0v) is 9.34. The summed E-state index contributed by atoms with van der Waals surface area (Å²) in [5.41, 5.74) is 2.54. The maximum atomic E-state index is 11.4. The Bertz CT molecular complexity index is 740. The van der Waals surface area contributed by atoms with Crippen LogP contribution in [0.15, 0.2) is 42.5 Å². The van der Waals surface area contributed by atoms with Crippen molar-refractivity contribution in [2.45, 2.75) is 6.92 Å². The predicted molar refractivity (Wildman–Crippen MR) is 67.6 cm³/mol. The second-order valence-corrected chi connectivity index (χ2v) is 4.16. The van der Waals surface area contributed by atoms with Crippen molar-refractivity contribution in [2.24, 2.45) is 0 Å². The van der Waals surface area contributed by atoms with Gasteiger partial charge in [0.05, 0.1) is 11.0 Å². The van der Waals surface area contributed by atoms with Gasteiger partial charge in [0.15, 0.2) is 0 Å². The van der Waals surface area contributed by atoms with Gasteiger partial charge in [0.1, 0.15) is 0 Å². The third-order valence-corrected chi connectivity index (χ3v) is 3.02. The Hall–Kier alpha value is -2.29. The van der Waals surface area contributed by atoms with E-state index >= 15 is 0 Å². The molecule has 0 amide bonds. The standard InChI is InChI=1S/C14H11NO2/c1-9-6-7-11-10-4-2-3-5-12(10)15(14(16)17)13(11)8-9/h2-8H,1H3,(H,16,17). The van der Waals surface area contributed by atoms with Crippen molar-refractivity contribution < 1.29 is 9.90 Å². The van der Waals surface area contributed by atoms with E-state index in [0.29, 0.717) is 0 Å². The highest BCUT2D eigenvalue weighted by atomic mass is 16.4. The van der Waals surface area contributed by atoms with Gasteiger partial charge >= 0.3 is 6.09 Å². The van der Waals surface area contributed by atoms with Crippen molar-refractivity contribution in [3.63, 3.8) is 0 Å². The molecule has 0 radical (unpaired) electrons. The molecular weight excluding hydrogens is 214 g/mol. The highest BCUT2D eigenvalue weighted by Crippen LogP contribution is 2.29. The van der Waals surface area contributed by atoms with Gasteiger partial charge in [-0.15, -0.1) is 0 Å². The summed E-state index contributed by atoms with van der Waals surface area (Å²) < 4.78 is 1.34. The van der Waals surface area contributed by atoms with E-state index in [0.717, 1.165) is 27.4 Å². The van der Waals surface area contributed by atoms with Crippen LogP contribution in [0.4, 0.5) is 4.79 Å². The Kier molecular flexibility index (Phi) is 1.95. The van der Waals surface area contributed by atoms with E-state index in [1.165, 1.54) is 4.57 Å². The fraction of sp³-hybridized carbons (Fsp3) is 0.0714. The average Bonchev–Trinajstić information content (AvgIpc) is 2.62. The molecule has 1 aromatic heterocycles. The number of aromatic nitrogens is 1. The van der Waals surface area contributed by atoms with Crippen molar-refractivity contribution >= 4 is 27.9 Å². The first-order valence-electron chi connectivity index (χ1n) is 5.41. The second-order valence-electron chi connectivity index (χ2n) is 4.16. The molecule has 2 aromatic carbocycles. The lowest BCUT2D eigenvalue weighted by atomic mass is 10.1. The van der Waals surface area contributed by atoms with E-state index in [-0.39, 0.29) is 0 Å². The Labute approximate surface area is 97.9 Å². The van der Waals surface area contributed by atoms with Crippen LogP contribution in [0, 0.1) is 6.92 Å². The van der Waals surface area contributed by atoms with Crippen LogP contribution >= 0.6 is 0 Å². The zero-order valence-electron chi connectivity index (χ0n) is 9.34. The molecule has 1 heterocycles. The lowest BCUT2D eigenvalue weighted by molar-refractivity contribution is 0.198. The number of fused-ring (bicyclic) bond motifs is 3. The van der Waals surface area contributed by atoms with Crippen molar-refractivity contribution in [2.75, 3.05) is 0 Å². The Morgan fingerprint density at radius 3 is 2.53 bits per heavy atom. The summed E-state index contributed by atoms with van der Waals surface area (Å²) in [7, 11) is 0. The summed E-state index contributed by atoms with van der Waals surface area (Å²) in [4.78, 5) is 11.4. The number of carboxylic acid groups (broad SMARTS) is 1. The summed E-state index contributed by atoms with van der Waals surface area (Å²) in [6, 6.07) is 13.4. The molecule has 0 aliphatic rings. The molecule has 0 bridgehead atoms. The van der Waals surface area contributed by atoms with Gasteiger partial charge in [0.25, 0.3) is 0 Å². The van der Waals surface area contributed by atoms with E-state index in [1.807, 2.05) is 49.4 Å². The molecule has 17 heavy (non-hydrogen) atoms. The molecule has 0 saturated carbocycles. The Morgan fingerprint density at radius 1 is 1.06 bits per heavy atom. The van der Waals surface area contributed by atoms with Gasteiger partial charge in [-0.05, 0) is 24.6 Å². The van der Waals surface area contributed by atoms with Gasteiger partial charge < -0.3 is 5.11 Å². The number of para-hydroxylation sites is 1. The first-order valence-corrected chi connectivity index (χ1v) is 5.41. The molecule has 84 valence electrons. The highest BCUT2D eigenvalue weighted by molar-refractivity contribution is 6.12. The molecule has 3 aromatic rings. The molecule has 0 aliphatic carbocycles. The van der Waals surface area contributed by atoms with Crippen molar-refractivity contribution in [1.29, 1.82) is 0 Å². The van der Waals surface area contributed by atoms with Crippen molar-refractivity contribution in [3.05, 3.63) is 48.0 Å². The largest absolute Gasteiger partial charge is 0.464 e. The van der Waals surface area contributed by atoms with Crippen LogP contribution in [0.5, 0.6) is 0 Å². The molecular formula is C14H11NO2. The number of hydrogen-bond donors (Lipinski definition) is 1. The average molecular weight is 225 g/mol. The molecule has 3 heteroatoms. The van der Waals surface area contributed by atoms with Gasteiger partial charge in [-0.3, -0.25) is 0 Å². The number of rotatable bonds is 0. The summed E-state index contributed by atoms with van der Waals surface area (Å²) in [5.74, 6) is 0. The molecule has 0 aliphatic heterocycles. The molecule has 0 atom stereocenters. The zero-order chi connectivity index (χ0) is 12.0. The monoisotopic (exact) mass is 225 g/mol. The first-order chi connectivity index (χ1) is 8.18. The minimum atomic E-state index is -0.943. The molecule has 3 rings (SSSR count). The van der Waals surface area contributed by atoms with E-state index in [1.54, 1.807) is 0 Å². The minimum Gasteiger partial charge on any atom is -0.464 e. The van der Waals surface area contributed by atoms with Crippen LogP contribution in [-0.2, 0) is 0 Å². The van der Waals surface area contributed by atoms with Gasteiger partial charge in [0.2, 0.25) is 0 Å².